The fourth-order valence-corrected chi connectivity index (χ4v) is 3.45. The Balaban J connectivity index is 1.79. The molecule has 1 aromatic carbocycles. The number of nitrogens with one attached hydrogen (secondary N) is 1. The average Bonchev–Trinajstić information content (AvgIpc) is 2.52. The summed E-state index contributed by atoms with van der Waals surface area (Å²) in [5.74, 6) is 0.178. The van der Waals surface area contributed by atoms with E-state index in [1.54, 1.807) is 6.92 Å². The van der Waals surface area contributed by atoms with Gasteiger partial charge in [0.25, 0.3) is 0 Å². The molecule has 134 valence electrons. The molecule has 0 aliphatic carbocycles. The van der Waals surface area contributed by atoms with Gasteiger partial charge in [-0.1, -0.05) is 26.0 Å². The molecule has 1 heterocycles. The van der Waals surface area contributed by atoms with Crippen LogP contribution in [0.1, 0.15) is 51.5 Å². The van der Waals surface area contributed by atoms with Crippen LogP contribution in [0.25, 0.3) is 0 Å². The Bertz CT molecular complexity index is 535. The van der Waals surface area contributed by atoms with E-state index in [0.29, 0.717) is 32.0 Å². The summed E-state index contributed by atoms with van der Waals surface area (Å²) in [5, 5.41) is 12.5. The van der Waals surface area contributed by atoms with Crippen LogP contribution >= 0.6 is 0 Å². The second-order valence-electron chi connectivity index (χ2n) is 7.69. The highest BCUT2D eigenvalue weighted by Crippen LogP contribution is 2.28. The highest BCUT2D eigenvalue weighted by molar-refractivity contribution is 5.74. The molecule has 0 spiro atoms. The second kappa shape index (κ2) is 7.97. The maximum atomic E-state index is 13.0. The molecule has 1 saturated heterocycles. The van der Waals surface area contributed by atoms with E-state index in [-0.39, 0.29) is 23.4 Å². The van der Waals surface area contributed by atoms with E-state index in [9.17, 15) is 14.3 Å². The molecule has 5 heteroatoms. The molecule has 4 nitrogen and oxygen atoms in total. The van der Waals surface area contributed by atoms with Crippen molar-refractivity contribution in [2.24, 2.45) is 5.41 Å². The Kier molecular flexibility index (Phi) is 6.21. The van der Waals surface area contributed by atoms with Gasteiger partial charge in [-0.25, -0.2) is 9.18 Å². The molecular formula is C19H29FN2O2. The van der Waals surface area contributed by atoms with Crippen molar-refractivity contribution in [3.8, 4) is 0 Å². The van der Waals surface area contributed by atoms with Gasteiger partial charge in [0.05, 0.1) is 6.10 Å². The first kappa shape index (κ1) is 18.7. The highest BCUT2D eigenvalue weighted by Gasteiger charge is 2.26. The number of carbonyl (C=O) groups is 1. The second-order valence-corrected chi connectivity index (χ2v) is 7.69. The van der Waals surface area contributed by atoms with Crippen molar-refractivity contribution < 1.29 is 14.3 Å². The summed E-state index contributed by atoms with van der Waals surface area (Å²) < 4.78 is 13.0. The van der Waals surface area contributed by atoms with E-state index >= 15 is 0 Å². The molecule has 1 aliphatic heterocycles. The number of hydrogen-bond acceptors (Lipinski definition) is 2. The lowest BCUT2D eigenvalue weighted by atomic mass is 9.87. The minimum Gasteiger partial charge on any atom is -0.393 e. The van der Waals surface area contributed by atoms with Crippen molar-refractivity contribution in [1.82, 2.24) is 10.2 Å². The van der Waals surface area contributed by atoms with E-state index in [1.807, 2.05) is 30.9 Å². The number of aliphatic hydroxyl groups is 1. The molecule has 0 saturated carbocycles. The Hall–Kier alpha value is -1.62. The third kappa shape index (κ3) is 5.48. The SMILES string of the molecule is CC(O)CC(C)(C)CNC(=O)N1CCC(c2ccc(F)cc2)CC1. The van der Waals surface area contributed by atoms with Gasteiger partial charge in [0.2, 0.25) is 0 Å². The van der Waals surface area contributed by atoms with Crippen LogP contribution in [0.5, 0.6) is 0 Å². The standard InChI is InChI=1S/C19H29FN2O2/c1-14(23)12-19(2,3)13-21-18(24)22-10-8-16(9-11-22)15-4-6-17(20)7-5-15/h4-7,14,16,23H,8-13H2,1-3H3,(H,21,24). The van der Waals surface area contributed by atoms with Crippen LogP contribution in [0.3, 0.4) is 0 Å². The van der Waals surface area contributed by atoms with Crippen molar-refractivity contribution in [2.75, 3.05) is 19.6 Å². The summed E-state index contributed by atoms with van der Waals surface area (Å²) in [6.07, 6.45) is 2.08. The fourth-order valence-electron chi connectivity index (χ4n) is 3.45. The molecule has 0 aromatic heterocycles. The van der Waals surface area contributed by atoms with E-state index in [4.69, 9.17) is 0 Å². The smallest absolute Gasteiger partial charge is 0.317 e. The first-order valence-electron chi connectivity index (χ1n) is 8.73. The van der Waals surface area contributed by atoms with Crippen LogP contribution in [0.4, 0.5) is 9.18 Å². The van der Waals surface area contributed by atoms with Gasteiger partial charge >= 0.3 is 6.03 Å². The molecule has 1 fully saturated rings. The number of nitrogens with zero attached hydrogens (tertiary/aromatic N) is 1. The number of likely N-dealkylation sites (tertiary alicyclic amines) is 1. The molecule has 2 rings (SSSR count). The Labute approximate surface area is 144 Å². The van der Waals surface area contributed by atoms with Crippen LogP contribution < -0.4 is 5.32 Å². The summed E-state index contributed by atoms with van der Waals surface area (Å²) in [5.41, 5.74) is 1.02. The molecule has 2 N–H and O–H groups in total. The highest BCUT2D eigenvalue weighted by atomic mass is 19.1. The molecule has 1 aliphatic rings. The van der Waals surface area contributed by atoms with Gasteiger partial charge in [0.15, 0.2) is 0 Å². The normalized spacial score (nSPS) is 17.6. The topological polar surface area (TPSA) is 52.6 Å². The molecule has 1 aromatic rings. The Morgan fingerprint density at radius 3 is 2.46 bits per heavy atom. The van der Waals surface area contributed by atoms with Crippen molar-refractivity contribution in [3.63, 3.8) is 0 Å². The van der Waals surface area contributed by atoms with Gasteiger partial charge in [-0.3, -0.25) is 0 Å². The minimum atomic E-state index is -0.372. The largest absolute Gasteiger partial charge is 0.393 e. The number of hydrogen-bond donors (Lipinski definition) is 2. The van der Waals surface area contributed by atoms with Crippen LogP contribution in [-0.4, -0.2) is 41.8 Å². The molecule has 2 amide bonds. The van der Waals surface area contributed by atoms with Crippen molar-refractivity contribution in [3.05, 3.63) is 35.6 Å². The lowest BCUT2D eigenvalue weighted by molar-refractivity contribution is 0.125. The van der Waals surface area contributed by atoms with Gasteiger partial charge in [0, 0.05) is 19.6 Å². The lowest BCUT2D eigenvalue weighted by Gasteiger charge is -2.34. The number of urea groups is 1. The van der Waals surface area contributed by atoms with Gasteiger partial charge in [-0.15, -0.1) is 0 Å². The monoisotopic (exact) mass is 336 g/mol. The molecule has 1 unspecified atom stereocenters. The molecule has 0 radical (unpaired) electrons. The van der Waals surface area contributed by atoms with Crippen LogP contribution in [0.15, 0.2) is 24.3 Å². The van der Waals surface area contributed by atoms with Crippen LogP contribution in [0.2, 0.25) is 0 Å². The first-order valence-corrected chi connectivity index (χ1v) is 8.73. The Morgan fingerprint density at radius 2 is 1.92 bits per heavy atom. The zero-order valence-electron chi connectivity index (χ0n) is 14.9. The number of benzene rings is 1. The third-order valence-electron chi connectivity index (χ3n) is 4.69. The van der Waals surface area contributed by atoms with Gasteiger partial charge in [0.1, 0.15) is 5.82 Å². The van der Waals surface area contributed by atoms with E-state index in [0.717, 1.165) is 18.4 Å². The summed E-state index contributed by atoms with van der Waals surface area (Å²) in [7, 11) is 0. The van der Waals surface area contributed by atoms with Crippen molar-refractivity contribution in [1.29, 1.82) is 0 Å². The van der Waals surface area contributed by atoms with Crippen LogP contribution in [-0.2, 0) is 0 Å². The Morgan fingerprint density at radius 1 is 1.33 bits per heavy atom. The molecule has 24 heavy (non-hydrogen) atoms. The van der Waals surface area contributed by atoms with Crippen LogP contribution in [0, 0.1) is 11.2 Å². The molecular weight excluding hydrogens is 307 g/mol. The van der Waals surface area contributed by atoms with Crippen molar-refractivity contribution in [2.45, 2.75) is 52.1 Å². The number of aliphatic hydroxyl groups excluding tert-OH is 1. The van der Waals surface area contributed by atoms with E-state index in [1.165, 1.54) is 12.1 Å². The number of rotatable bonds is 5. The summed E-state index contributed by atoms with van der Waals surface area (Å²) >= 11 is 0. The molecule has 0 bridgehead atoms. The summed E-state index contributed by atoms with van der Waals surface area (Å²) in [6.45, 7) is 7.83. The number of carbonyl (C=O) groups excluding carboxylic acids is 1. The third-order valence-corrected chi connectivity index (χ3v) is 4.69. The molecule has 1 atom stereocenters. The first-order chi connectivity index (χ1) is 11.3. The minimum absolute atomic E-state index is 0.0359. The van der Waals surface area contributed by atoms with Gasteiger partial charge in [-0.2, -0.15) is 0 Å². The number of piperidine rings is 1. The van der Waals surface area contributed by atoms with E-state index in [2.05, 4.69) is 5.32 Å². The fraction of sp³-hybridized carbons (Fsp3) is 0.632. The predicted octanol–water partition coefficient (Wildman–Crippen LogP) is 3.51. The van der Waals surface area contributed by atoms with Crippen molar-refractivity contribution >= 4 is 6.03 Å². The summed E-state index contributed by atoms with van der Waals surface area (Å²) in [6, 6.07) is 6.64. The maximum absolute atomic E-state index is 13.0. The predicted molar refractivity (Wildman–Crippen MR) is 93.4 cm³/mol. The number of halogens is 1. The average molecular weight is 336 g/mol. The van der Waals surface area contributed by atoms with E-state index < -0.39 is 0 Å². The van der Waals surface area contributed by atoms with Gasteiger partial charge < -0.3 is 15.3 Å². The summed E-state index contributed by atoms with van der Waals surface area (Å²) in [4.78, 5) is 14.2. The quantitative estimate of drug-likeness (QED) is 0.864. The lowest BCUT2D eigenvalue weighted by Crippen LogP contribution is -2.46. The zero-order chi connectivity index (χ0) is 17.7. The zero-order valence-corrected chi connectivity index (χ0v) is 14.9. The number of amides is 2. The maximum Gasteiger partial charge on any atom is 0.317 e. The van der Waals surface area contributed by atoms with Gasteiger partial charge in [-0.05, 0) is 55.2 Å².